The van der Waals surface area contributed by atoms with E-state index < -0.39 is 37.2 Å². The molecule has 0 saturated heterocycles. The summed E-state index contributed by atoms with van der Waals surface area (Å²) in [6, 6.07) is 0. The summed E-state index contributed by atoms with van der Waals surface area (Å²) < 4.78 is 40.5. The number of hydrogen-bond acceptors (Lipinski definition) is 14. The molecule has 0 unspecified atom stereocenters. The van der Waals surface area contributed by atoms with Gasteiger partial charge in [-0.2, -0.15) is 0 Å². The maximum Gasteiger partial charge on any atom is 0.407 e. The first-order valence-corrected chi connectivity index (χ1v) is 13.9. The fourth-order valence-corrected chi connectivity index (χ4v) is 2.85. The van der Waals surface area contributed by atoms with Crippen LogP contribution in [0.25, 0.3) is 0 Å². The number of rotatable bonds is 27. The van der Waals surface area contributed by atoms with Crippen LogP contribution in [0.15, 0.2) is 0 Å². The Morgan fingerprint density at radius 3 is 1.81 bits per heavy atom. The molecule has 0 aromatic heterocycles. The van der Waals surface area contributed by atoms with E-state index in [9.17, 15) is 24.0 Å². The van der Waals surface area contributed by atoms with Gasteiger partial charge in [0.25, 0.3) is 0 Å². The minimum atomic E-state index is -0.694. The summed E-state index contributed by atoms with van der Waals surface area (Å²) in [5.41, 5.74) is 0. The van der Waals surface area contributed by atoms with Crippen LogP contribution in [-0.2, 0) is 57.1 Å². The second kappa shape index (κ2) is 28.1. The largest absolute Gasteiger partial charge is 0.465 e. The molecule has 16 heteroatoms. The fourth-order valence-electron chi connectivity index (χ4n) is 2.85. The third-order valence-electron chi connectivity index (χ3n) is 4.78. The van der Waals surface area contributed by atoms with Gasteiger partial charge in [-0.05, 0) is 13.3 Å². The van der Waals surface area contributed by atoms with Crippen molar-refractivity contribution < 1.29 is 61.9 Å². The molecule has 0 aliphatic rings. The molecule has 0 heterocycles. The van der Waals surface area contributed by atoms with E-state index in [0.29, 0.717) is 46.1 Å². The molecular weight excluding hydrogens is 562 g/mol. The van der Waals surface area contributed by atoms with Crippen LogP contribution in [0.1, 0.15) is 27.2 Å². The van der Waals surface area contributed by atoms with Crippen LogP contribution in [-0.4, -0.2) is 147 Å². The van der Waals surface area contributed by atoms with Crippen LogP contribution in [0.5, 0.6) is 0 Å². The summed E-state index contributed by atoms with van der Waals surface area (Å²) >= 11 is 0. The second-order valence-electron chi connectivity index (χ2n) is 8.38. The highest BCUT2D eigenvalue weighted by molar-refractivity contribution is 5.78. The van der Waals surface area contributed by atoms with Crippen molar-refractivity contribution in [1.29, 1.82) is 0 Å². The van der Waals surface area contributed by atoms with Gasteiger partial charge in [-0.15, -0.1) is 0 Å². The lowest BCUT2D eigenvalue weighted by atomic mass is 10.4. The van der Waals surface area contributed by atoms with Crippen molar-refractivity contribution in [2.24, 2.45) is 0 Å². The van der Waals surface area contributed by atoms with E-state index in [1.165, 1.54) is 6.92 Å². The standard InChI is InChI=1S/C26H47N3O13/c1-4-10-42-26(34)28-7-12-36-15-16-37-17-18-41-25(33)21-38-20-24(32)40-14-9-29(8-13-39-22(3)30)19-23(31)27-6-11-35-5-2/h4-21H2,1-3H3,(H,27,31)(H,28,34). The van der Waals surface area contributed by atoms with Crippen molar-refractivity contribution in [3.05, 3.63) is 0 Å². The smallest absolute Gasteiger partial charge is 0.407 e. The third kappa shape index (κ3) is 27.1. The number of esters is 3. The minimum Gasteiger partial charge on any atom is -0.465 e. The normalized spacial score (nSPS) is 10.7. The number of hydrogen-bond donors (Lipinski definition) is 2. The predicted octanol–water partition coefficient (Wildman–Crippen LogP) is -0.723. The molecule has 0 atom stereocenters. The van der Waals surface area contributed by atoms with Gasteiger partial charge in [0.2, 0.25) is 5.91 Å². The zero-order valence-electron chi connectivity index (χ0n) is 25.0. The highest BCUT2D eigenvalue weighted by Gasteiger charge is 2.13. The maximum absolute atomic E-state index is 12.1. The zero-order valence-corrected chi connectivity index (χ0v) is 25.0. The van der Waals surface area contributed by atoms with Crippen molar-refractivity contribution in [1.82, 2.24) is 15.5 Å². The Morgan fingerprint density at radius 2 is 1.17 bits per heavy atom. The number of nitrogens with zero attached hydrogens (tertiary/aromatic N) is 1. The number of amides is 2. The van der Waals surface area contributed by atoms with Crippen LogP contribution < -0.4 is 10.6 Å². The molecule has 42 heavy (non-hydrogen) atoms. The minimum absolute atomic E-state index is 0.000151. The van der Waals surface area contributed by atoms with Gasteiger partial charge in [0, 0.05) is 39.7 Å². The lowest BCUT2D eigenvalue weighted by Gasteiger charge is -2.21. The summed E-state index contributed by atoms with van der Waals surface area (Å²) in [5, 5.41) is 5.26. The van der Waals surface area contributed by atoms with Crippen molar-refractivity contribution in [2.75, 3.05) is 112 Å². The van der Waals surface area contributed by atoms with Gasteiger partial charge in [0.1, 0.15) is 33.0 Å². The Hall–Kier alpha value is -3.05. The summed E-state index contributed by atoms with van der Waals surface area (Å²) in [5.74, 6) is -2.06. The number of alkyl carbamates (subject to hydrolysis) is 1. The Kier molecular flexibility index (Phi) is 26.0. The van der Waals surface area contributed by atoms with E-state index in [2.05, 4.69) is 10.6 Å². The molecule has 0 aromatic carbocycles. The summed E-state index contributed by atoms with van der Waals surface area (Å²) in [7, 11) is 0. The first kappa shape index (κ1) is 39.0. The maximum atomic E-state index is 12.1. The van der Waals surface area contributed by atoms with Gasteiger partial charge < -0.3 is 48.5 Å². The quantitative estimate of drug-likeness (QED) is 0.0675. The fraction of sp³-hybridized carbons (Fsp3) is 0.808. The van der Waals surface area contributed by atoms with Gasteiger partial charge in [0.15, 0.2) is 0 Å². The Bertz CT molecular complexity index is 755. The summed E-state index contributed by atoms with van der Waals surface area (Å²) in [6.07, 6.45) is 0.268. The molecule has 0 fully saturated rings. The zero-order chi connectivity index (χ0) is 31.3. The van der Waals surface area contributed by atoms with Crippen molar-refractivity contribution >= 4 is 29.9 Å². The van der Waals surface area contributed by atoms with Crippen LogP contribution in [0.4, 0.5) is 4.79 Å². The molecule has 244 valence electrons. The lowest BCUT2D eigenvalue weighted by molar-refractivity contribution is -0.156. The first-order chi connectivity index (χ1) is 20.3. The van der Waals surface area contributed by atoms with Crippen LogP contribution in [0.3, 0.4) is 0 Å². The van der Waals surface area contributed by atoms with E-state index in [1.54, 1.807) is 4.90 Å². The Balaban J connectivity index is 3.89. The monoisotopic (exact) mass is 609 g/mol. The Labute approximate surface area is 246 Å². The van der Waals surface area contributed by atoms with Crippen molar-refractivity contribution in [2.45, 2.75) is 27.2 Å². The lowest BCUT2D eigenvalue weighted by Crippen LogP contribution is -2.41. The van der Waals surface area contributed by atoms with Crippen molar-refractivity contribution in [3.63, 3.8) is 0 Å². The molecule has 0 aromatic rings. The number of ether oxygens (including phenoxy) is 8. The molecule has 0 radical (unpaired) electrons. The highest BCUT2D eigenvalue weighted by Crippen LogP contribution is 1.93. The summed E-state index contributed by atoms with van der Waals surface area (Å²) in [6.45, 7) is 7.70. The SMILES string of the molecule is CCCOC(=O)NCCOCCOCCOC(=O)COCC(=O)OCCN(CCOC(C)=O)CC(=O)NCCOCC. The Morgan fingerprint density at radius 1 is 0.595 bits per heavy atom. The van der Waals surface area contributed by atoms with Crippen LogP contribution >= 0.6 is 0 Å². The van der Waals surface area contributed by atoms with E-state index in [1.807, 2.05) is 13.8 Å². The van der Waals surface area contributed by atoms with Gasteiger partial charge in [-0.25, -0.2) is 14.4 Å². The molecule has 0 aliphatic carbocycles. The van der Waals surface area contributed by atoms with E-state index in [-0.39, 0.29) is 58.6 Å². The predicted molar refractivity (Wildman–Crippen MR) is 147 cm³/mol. The highest BCUT2D eigenvalue weighted by atomic mass is 16.6. The molecule has 2 amide bonds. The molecule has 0 saturated carbocycles. The van der Waals surface area contributed by atoms with E-state index in [0.717, 1.165) is 6.42 Å². The molecular formula is C26H47N3O13. The molecule has 0 rings (SSSR count). The van der Waals surface area contributed by atoms with Gasteiger partial charge in [-0.3, -0.25) is 14.5 Å². The second-order valence-corrected chi connectivity index (χ2v) is 8.38. The van der Waals surface area contributed by atoms with E-state index >= 15 is 0 Å². The number of carbonyl (C=O) groups excluding carboxylic acids is 5. The topological polar surface area (TPSA) is 186 Å². The number of nitrogens with one attached hydrogen (secondary N) is 2. The third-order valence-corrected chi connectivity index (χ3v) is 4.78. The molecule has 0 aliphatic heterocycles. The van der Waals surface area contributed by atoms with Gasteiger partial charge in [-0.1, -0.05) is 6.92 Å². The van der Waals surface area contributed by atoms with Gasteiger partial charge in [0.05, 0.1) is 46.2 Å². The summed E-state index contributed by atoms with van der Waals surface area (Å²) in [4.78, 5) is 59.6. The molecule has 16 nitrogen and oxygen atoms in total. The molecule has 0 spiro atoms. The average Bonchev–Trinajstić information content (AvgIpc) is 2.94. The first-order valence-electron chi connectivity index (χ1n) is 13.9. The van der Waals surface area contributed by atoms with Crippen molar-refractivity contribution in [3.8, 4) is 0 Å². The average molecular weight is 610 g/mol. The van der Waals surface area contributed by atoms with Crippen LogP contribution in [0.2, 0.25) is 0 Å². The van der Waals surface area contributed by atoms with Gasteiger partial charge >= 0.3 is 24.0 Å². The molecule has 0 bridgehead atoms. The van der Waals surface area contributed by atoms with E-state index in [4.69, 9.17) is 37.9 Å². The molecule has 2 N–H and O–H groups in total. The number of carbonyl (C=O) groups is 5. The van der Waals surface area contributed by atoms with Crippen LogP contribution in [0, 0.1) is 0 Å².